The zero-order chi connectivity index (χ0) is 12.4. The molecule has 1 aliphatic heterocycles. The summed E-state index contributed by atoms with van der Waals surface area (Å²) in [4.78, 5) is 0. The van der Waals surface area contributed by atoms with Crippen LogP contribution in [0.3, 0.4) is 0 Å². The van der Waals surface area contributed by atoms with Gasteiger partial charge in [-0.2, -0.15) is 0 Å². The molecule has 18 heavy (non-hydrogen) atoms. The maximum absolute atomic E-state index is 11.7. The van der Waals surface area contributed by atoms with Crippen molar-refractivity contribution in [1.29, 1.82) is 0 Å². The van der Waals surface area contributed by atoms with Crippen LogP contribution in [0.5, 0.6) is 11.5 Å². The van der Waals surface area contributed by atoms with Crippen molar-refractivity contribution < 1.29 is 14.6 Å². The summed E-state index contributed by atoms with van der Waals surface area (Å²) < 4.78 is 11.1. The third-order valence-corrected chi connectivity index (χ3v) is 4.24. The van der Waals surface area contributed by atoms with Crippen molar-refractivity contribution in [1.82, 2.24) is 0 Å². The van der Waals surface area contributed by atoms with Gasteiger partial charge in [0, 0.05) is 5.41 Å². The summed E-state index contributed by atoms with van der Waals surface area (Å²) in [7, 11) is 0. The van der Waals surface area contributed by atoms with Gasteiger partial charge in [0.1, 0.15) is 13.2 Å². The lowest BCUT2D eigenvalue weighted by atomic mass is 9.70. The maximum atomic E-state index is 11.7. The first-order valence-electron chi connectivity index (χ1n) is 6.82. The van der Waals surface area contributed by atoms with Crippen molar-refractivity contribution in [2.45, 2.75) is 37.5 Å². The number of fused-ring (bicyclic) bond motifs is 1. The molecule has 0 N–H and O–H groups in total. The Hall–Kier alpha value is -1.22. The van der Waals surface area contributed by atoms with E-state index in [9.17, 15) is 5.11 Å². The number of benzene rings is 1. The lowest BCUT2D eigenvalue weighted by Gasteiger charge is -2.36. The van der Waals surface area contributed by atoms with E-state index < -0.39 is 0 Å². The monoisotopic (exact) mass is 247 g/mol. The summed E-state index contributed by atoms with van der Waals surface area (Å²) in [6.07, 6.45) is 5.60. The van der Waals surface area contributed by atoms with Crippen LogP contribution >= 0.6 is 0 Å². The molecule has 3 rings (SSSR count). The Kier molecular flexibility index (Phi) is 3.16. The standard InChI is InChI=1S/C15H19O3/c16-11-15(6-2-1-3-7-15)12-4-5-13-14(10-12)18-9-8-17-13/h4-5,10H,1-3,6-9,11H2. The Bertz CT molecular complexity index is 422. The fourth-order valence-corrected chi connectivity index (χ4v) is 3.12. The SMILES string of the molecule is [O]CC1(c2ccc3c(c2)OCCO3)CCCCC1. The van der Waals surface area contributed by atoms with Crippen LogP contribution in [0.15, 0.2) is 18.2 Å². The molecule has 97 valence electrons. The van der Waals surface area contributed by atoms with E-state index in [1.54, 1.807) is 0 Å². The molecule has 1 aromatic carbocycles. The molecule has 3 heteroatoms. The van der Waals surface area contributed by atoms with Crippen LogP contribution in [0, 0.1) is 0 Å². The van der Waals surface area contributed by atoms with Gasteiger partial charge in [-0.3, -0.25) is 0 Å². The third-order valence-electron chi connectivity index (χ3n) is 4.24. The van der Waals surface area contributed by atoms with Crippen molar-refractivity contribution >= 4 is 0 Å². The van der Waals surface area contributed by atoms with Crippen molar-refractivity contribution in [3.8, 4) is 11.5 Å². The molecule has 0 amide bonds. The lowest BCUT2D eigenvalue weighted by Crippen LogP contribution is -2.32. The highest BCUT2D eigenvalue weighted by molar-refractivity contribution is 5.46. The van der Waals surface area contributed by atoms with E-state index in [1.165, 1.54) is 6.42 Å². The highest BCUT2D eigenvalue weighted by Crippen LogP contribution is 2.42. The van der Waals surface area contributed by atoms with Gasteiger partial charge in [0.2, 0.25) is 0 Å². The number of rotatable bonds is 2. The molecule has 0 unspecified atom stereocenters. The lowest BCUT2D eigenvalue weighted by molar-refractivity contribution is 0.0924. The summed E-state index contributed by atoms with van der Waals surface area (Å²) in [5.41, 5.74) is 0.968. The Labute approximate surface area is 108 Å². The Balaban J connectivity index is 1.94. The maximum Gasteiger partial charge on any atom is 0.161 e. The smallest absolute Gasteiger partial charge is 0.161 e. The Morgan fingerprint density at radius 3 is 2.44 bits per heavy atom. The molecule has 0 aromatic heterocycles. The van der Waals surface area contributed by atoms with E-state index in [4.69, 9.17) is 9.47 Å². The van der Waals surface area contributed by atoms with E-state index >= 15 is 0 Å². The summed E-state index contributed by atoms with van der Waals surface area (Å²) in [6, 6.07) is 6.03. The van der Waals surface area contributed by atoms with Gasteiger partial charge < -0.3 is 9.47 Å². The van der Waals surface area contributed by atoms with E-state index in [0.717, 1.165) is 42.7 Å². The fraction of sp³-hybridized carbons (Fsp3) is 0.600. The number of hydrogen-bond acceptors (Lipinski definition) is 2. The average Bonchev–Trinajstić information content (AvgIpc) is 2.47. The molecule has 1 fully saturated rings. The predicted octanol–water partition coefficient (Wildman–Crippen LogP) is 3.09. The van der Waals surface area contributed by atoms with Gasteiger partial charge in [0.05, 0.1) is 6.61 Å². The molecule has 1 saturated carbocycles. The first-order chi connectivity index (χ1) is 8.84. The Morgan fingerprint density at radius 2 is 1.72 bits per heavy atom. The first-order valence-corrected chi connectivity index (χ1v) is 6.82. The minimum Gasteiger partial charge on any atom is -0.486 e. The normalized spacial score (nSPS) is 21.6. The predicted molar refractivity (Wildman–Crippen MR) is 67.7 cm³/mol. The molecule has 0 bridgehead atoms. The van der Waals surface area contributed by atoms with Gasteiger partial charge >= 0.3 is 0 Å². The summed E-state index contributed by atoms with van der Waals surface area (Å²) in [5.74, 6) is 1.61. The first kappa shape index (κ1) is 11.8. The van der Waals surface area contributed by atoms with Crippen molar-refractivity contribution in [2.75, 3.05) is 19.8 Å². The van der Waals surface area contributed by atoms with Gasteiger partial charge in [-0.15, -0.1) is 0 Å². The van der Waals surface area contributed by atoms with Crippen LogP contribution in [0.25, 0.3) is 0 Å². The molecular weight excluding hydrogens is 228 g/mol. The molecule has 1 radical (unpaired) electrons. The minimum absolute atomic E-state index is 0.0212. The molecule has 3 nitrogen and oxygen atoms in total. The second kappa shape index (κ2) is 4.81. The van der Waals surface area contributed by atoms with E-state index in [1.807, 2.05) is 12.1 Å². The van der Waals surface area contributed by atoms with Gasteiger partial charge in [0.25, 0.3) is 0 Å². The zero-order valence-corrected chi connectivity index (χ0v) is 10.6. The summed E-state index contributed by atoms with van der Waals surface area (Å²) >= 11 is 0. The average molecular weight is 247 g/mol. The fourth-order valence-electron chi connectivity index (χ4n) is 3.12. The van der Waals surface area contributed by atoms with Gasteiger partial charge in [-0.1, -0.05) is 25.3 Å². The molecule has 1 heterocycles. The van der Waals surface area contributed by atoms with Crippen LogP contribution in [0.1, 0.15) is 37.7 Å². The van der Waals surface area contributed by atoms with Crippen molar-refractivity contribution in [3.05, 3.63) is 23.8 Å². The van der Waals surface area contributed by atoms with E-state index in [2.05, 4.69) is 6.07 Å². The highest BCUT2D eigenvalue weighted by Gasteiger charge is 2.34. The van der Waals surface area contributed by atoms with Crippen LogP contribution in [0.2, 0.25) is 0 Å². The third kappa shape index (κ3) is 1.97. The van der Waals surface area contributed by atoms with Gasteiger partial charge in [-0.05, 0) is 30.5 Å². The topological polar surface area (TPSA) is 38.4 Å². The highest BCUT2D eigenvalue weighted by atomic mass is 16.6. The number of hydrogen-bond donors (Lipinski definition) is 0. The van der Waals surface area contributed by atoms with E-state index in [-0.39, 0.29) is 12.0 Å². The molecule has 2 aliphatic rings. The van der Waals surface area contributed by atoms with Crippen LogP contribution in [0.4, 0.5) is 0 Å². The minimum atomic E-state index is -0.173. The summed E-state index contributed by atoms with van der Waals surface area (Å²) in [6.45, 7) is 1.19. The molecule has 0 saturated heterocycles. The molecule has 0 spiro atoms. The summed E-state index contributed by atoms with van der Waals surface area (Å²) in [5, 5.41) is 11.7. The second-order valence-corrected chi connectivity index (χ2v) is 5.34. The van der Waals surface area contributed by atoms with Gasteiger partial charge in [-0.25, -0.2) is 5.11 Å². The second-order valence-electron chi connectivity index (χ2n) is 5.34. The number of ether oxygens (including phenoxy) is 2. The molecule has 1 aromatic rings. The van der Waals surface area contributed by atoms with Crippen molar-refractivity contribution in [3.63, 3.8) is 0 Å². The zero-order valence-electron chi connectivity index (χ0n) is 10.6. The van der Waals surface area contributed by atoms with E-state index in [0.29, 0.717) is 13.2 Å². The van der Waals surface area contributed by atoms with Crippen LogP contribution < -0.4 is 9.47 Å². The molecule has 0 atom stereocenters. The Morgan fingerprint density at radius 1 is 1.00 bits per heavy atom. The quantitative estimate of drug-likeness (QED) is 0.805. The van der Waals surface area contributed by atoms with Crippen LogP contribution in [-0.4, -0.2) is 19.8 Å². The molecular formula is C15H19O3. The largest absolute Gasteiger partial charge is 0.486 e. The van der Waals surface area contributed by atoms with Crippen LogP contribution in [-0.2, 0) is 10.5 Å². The van der Waals surface area contributed by atoms with Crippen molar-refractivity contribution in [2.24, 2.45) is 0 Å². The van der Waals surface area contributed by atoms with Gasteiger partial charge in [0.15, 0.2) is 11.5 Å². The molecule has 1 aliphatic carbocycles.